The molecule has 0 saturated heterocycles. The van der Waals surface area contributed by atoms with Crippen LogP contribution in [0, 0.1) is 0 Å². The summed E-state index contributed by atoms with van der Waals surface area (Å²) in [7, 11) is -4.64. The Morgan fingerprint density at radius 3 is 1.53 bits per heavy atom. The molecule has 0 spiro atoms. The Bertz CT molecular complexity index is 1180. The summed E-state index contributed by atoms with van der Waals surface area (Å²) in [6, 6.07) is 0. The van der Waals surface area contributed by atoms with Crippen LogP contribution in [0.4, 0.5) is 0 Å². The number of hydrogen-bond donors (Lipinski definition) is 3. The smallest absolute Gasteiger partial charge is 0.462 e. The minimum Gasteiger partial charge on any atom is -0.462 e. The standard InChI is InChI=1S/C46H79O10P/c1-3-5-7-9-11-13-15-17-19-21-23-25-27-29-31-33-35-37-45(49)53-41-44(42-55-57(51,52)54-40-43(48)39-47)56-46(50)38-36-34-32-30-28-26-24-22-20-18-16-14-12-10-8-6-4-2/h6,8,12,14,17-20,24,26,30,32,43-44,47-48H,3-5,7,9-11,13,15-16,21-23,25,27-29,31,33-42H2,1-2H3,(H,51,52)/b8-6-,14-12-,19-17-,20-18-,26-24-,32-30-/t43-,44+/m0/s1. The third-order valence-corrected chi connectivity index (χ3v) is 9.80. The van der Waals surface area contributed by atoms with Gasteiger partial charge in [-0.25, -0.2) is 4.57 Å². The first-order chi connectivity index (χ1) is 27.7. The van der Waals surface area contributed by atoms with Gasteiger partial charge in [-0.05, 0) is 77.0 Å². The Kier molecular flexibility index (Phi) is 39.7. The summed E-state index contributed by atoms with van der Waals surface area (Å²) in [5.74, 6) is -1.00. The van der Waals surface area contributed by atoms with Gasteiger partial charge in [-0.1, -0.05) is 151 Å². The van der Waals surface area contributed by atoms with Crippen LogP contribution in [0.1, 0.15) is 168 Å². The molecule has 0 radical (unpaired) electrons. The first-order valence-corrected chi connectivity index (χ1v) is 23.4. The van der Waals surface area contributed by atoms with Gasteiger partial charge in [0, 0.05) is 12.8 Å². The van der Waals surface area contributed by atoms with Crippen LogP contribution >= 0.6 is 7.82 Å². The lowest BCUT2D eigenvalue weighted by atomic mass is 10.1. The monoisotopic (exact) mass is 823 g/mol. The van der Waals surface area contributed by atoms with E-state index in [0.29, 0.717) is 19.3 Å². The average Bonchev–Trinajstić information content (AvgIpc) is 3.20. The Labute approximate surface area is 346 Å². The molecule has 0 aliphatic carbocycles. The molecule has 0 aliphatic heterocycles. The van der Waals surface area contributed by atoms with E-state index in [1.54, 1.807) is 0 Å². The maximum absolute atomic E-state index is 12.6. The maximum Gasteiger partial charge on any atom is 0.472 e. The molecular formula is C46H79O10P. The number of rotatable bonds is 40. The number of phosphoric ester groups is 1. The quantitative estimate of drug-likeness (QED) is 0.0236. The zero-order valence-corrected chi connectivity index (χ0v) is 36.4. The highest BCUT2D eigenvalue weighted by Gasteiger charge is 2.27. The normalized spacial score (nSPS) is 14.5. The zero-order chi connectivity index (χ0) is 41.9. The summed E-state index contributed by atoms with van der Waals surface area (Å²) in [6.07, 6.45) is 47.3. The van der Waals surface area contributed by atoms with Gasteiger partial charge < -0.3 is 24.6 Å². The van der Waals surface area contributed by atoms with Gasteiger partial charge in [0.1, 0.15) is 12.7 Å². The Morgan fingerprint density at radius 2 is 0.982 bits per heavy atom. The molecule has 0 amide bonds. The Morgan fingerprint density at radius 1 is 0.544 bits per heavy atom. The van der Waals surface area contributed by atoms with E-state index in [1.165, 1.54) is 64.2 Å². The first-order valence-electron chi connectivity index (χ1n) is 21.9. The van der Waals surface area contributed by atoms with E-state index in [2.05, 4.69) is 79.1 Å². The molecule has 0 rings (SSSR count). The van der Waals surface area contributed by atoms with E-state index >= 15 is 0 Å². The van der Waals surface area contributed by atoms with Crippen molar-refractivity contribution in [1.29, 1.82) is 0 Å². The summed E-state index contributed by atoms with van der Waals surface area (Å²) in [5.41, 5.74) is 0. The number of unbranched alkanes of at least 4 members (excludes halogenated alkanes) is 14. The van der Waals surface area contributed by atoms with Crippen LogP contribution < -0.4 is 0 Å². The van der Waals surface area contributed by atoms with Gasteiger partial charge in [0.25, 0.3) is 0 Å². The molecule has 0 heterocycles. The number of aliphatic hydroxyl groups is 2. The van der Waals surface area contributed by atoms with Crippen molar-refractivity contribution in [2.75, 3.05) is 26.4 Å². The van der Waals surface area contributed by atoms with Crippen molar-refractivity contribution in [2.45, 2.75) is 180 Å². The third-order valence-electron chi connectivity index (χ3n) is 8.84. The highest BCUT2D eigenvalue weighted by molar-refractivity contribution is 7.47. The molecule has 3 atom stereocenters. The molecule has 0 aliphatic rings. The highest BCUT2D eigenvalue weighted by Crippen LogP contribution is 2.43. The number of phosphoric acid groups is 1. The summed E-state index contributed by atoms with van der Waals surface area (Å²) < 4.78 is 32.7. The topological polar surface area (TPSA) is 149 Å². The lowest BCUT2D eigenvalue weighted by Crippen LogP contribution is -2.29. The second-order valence-electron chi connectivity index (χ2n) is 14.3. The minimum atomic E-state index is -4.64. The molecule has 0 aromatic heterocycles. The second kappa shape index (κ2) is 41.6. The molecule has 57 heavy (non-hydrogen) atoms. The summed E-state index contributed by atoms with van der Waals surface area (Å²) in [4.78, 5) is 35.0. The summed E-state index contributed by atoms with van der Waals surface area (Å²) >= 11 is 0. The van der Waals surface area contributed by atoms with Gasteiger partial charge in [-0.15, -0.1) is 0 Å². The van der Waals surface area contributed by atoms with Gasteiger partial charge in [-0.2, -0.15) is 0 Å². The van der Waals surface area contributed by atoms with Crippen molar-refractivity contribution in [1.82, 2.24) is 0 Å². The lowest BCUT2D eigenvalue weighted by Gasteiger charge is -2.20. The van der Waals surface area contributed by atoms with Crippen LogP contribution in [-0.4, -0.2) is 65.7 Å². The van der Waals surface area contributed by atoms with E-state index in [1.807, 2.05) is 12.2 Å². The van der Waals surface area contributed by atoms with Crippen LogP contribution in [-0.2, 0) is 32.7 Å². The van der Waals surface area contributed by atoms with Crippen molar-refractivity contribution in [2.24, 2.45) is 0 Å². The van der Waals surface area contributed by atoms with Gasteiger partial charge >= 0.3 is 19.8 Å². The molecular weight excluding hydrogens is 743 g/mol. The first kappa shape index (κ1) is 54.4. The largest absolute Gasteiger partial charge is 0.472 e. The van der Waals surface area contributed by atoms with Crippen molar-refractivity contribution >= 4 is 19.8 Å². The van der Waals surface area contributed by atoms with Crippen molar-refractivity contribution in [3.8, 4) is 0 Å². The number of hydrogen-bond acceptors (Lipinski definition) is 9. The van der Waals surface area contributed by atoms with Gasteiger partial charge in [-0.3, -0.25) is 18.6 Å². The predicted octanol–water partition coefficient (Wildman–Crippen LogP) is 11.7. The molecule has 0 saturated carbocycles. The SMILES string of the molecule is CC/C=C\C/C=C\C/C=C\C/C=C\C/C=C\CCCC(=O)O[C@H](COC(=O)CCCCCCCCC/C=C\CCCCCCCC)COP(=O)(O)OC[C@@H](O)CO. The van der Waals surface area contributed by atoms with Crippen LogP contribution in [0.15, 0.2) is 72.9 Å². The molecule has 0 bridgehead atoms. The molecule has 0 aromatic rings. The summed E-state index contributed by atoms with van der Waals surface area (Å²) in [6.45, 7) is 2.18. The maximum atomic E-state index is 12.6. The van der Waals surface area contributed by atoms with Crippen molar-refractivity contribution in [3.63, 3.8) is 0 Å². The van der Waals surface area contributed by atoms with E-state index in [9.17, 15) is 24.2 Å². The summed E-state index contributed by atoms with van der Waals surface area (Å²) in [5, 5.41) is 18.3. The number of ether oxygens (including phenoxy) is 2. The third kappa shape index (κ3) is 41.4. The molecule has 1 unspecified atom stereocenters. The Balaban J connectivity index is 4.40. The van der Waals surface area contributed by atoms with Crippen molar-refractivity contribution in [3.05, 3.63) is 72.9 Å². The number of carbonyl (C=O) groups is 2. The van der Waals surface area contributed by atoms with Crippen LogP contribution in [0.25, 0.3) is 0 Å². The van der Waals surface area contributed by atoms with Gasteiger partial charge in [0.05, 0.1) is 19.8 Å². The number of esters is 2. The minimum absolute atomic E-state index is 0.102. The number of carbonyl (C=O) groups excluding carboxylic acids is 2. The molecule has 3 N–H and O–H groups in total. The lowest BCUT2D eigenvalue weighted by molar-refractivity contribution is -0.161. The van der Waals surface area contributed by atoms with Crippen molar-refractivity contribution < 1.29 is 47.8 Å². The Hall–Kier alpha value is -2.59. The number of allylic oxidation sites excluding steroid dienone is 12. The van der Waals surface area contributed by atoms with E-state index in [4.69, 9.17) is 19.1 Å². The molecule has 0 aromatic carbocycles. The van der Waals surface area contributed by atoms with Crippen LogP contribution in [0.2, 0.25) is 0 Å². The predicted molar refractivity (Wildman–Crippen MR) is 233 cm³/mol. The van der Waals surface area contributed by atoms with Crippen LogP contribution in [0.3, 0.4) is 0 Å². The molecule has 0 fully saturated rings. The molecule has 10 nitrogen and oxygen atoms in total. The molecule has 328 valence electrons. The fraction of sp³-hybridized carbons (Fsp3) is 0.696. The highest BCUT2D eigenvalue weighted by atomic mass is 31.2. The second-order valence-corrected chi connectivity index (χ2v) is 15.8. The fourth-order valence-electron chi connectivity index (χ4n) is 5.49. The molecule has 11 heteroatoms. The van der Waals surface area contributed by atoms with Gasteiger partial charge in [0.2, 0.25) is 0 Å². The average molecular weight is 823 g/mol. The van der Waals surface area contributed by atoms with E-state index in [0.717, 1.165) is 57.8 Å². The van der Waals surface area contributed by atoms with E-state index in [-0.39, 0.29) is 19.4 Å². The van der Waals surface area contributed by atoms with Crippen LogP contribution in [0.5, 0.6) is 0 Å². The van der Waals surface area contributed by atoms with E-state index < -0.39 is 51.8 Å². The number of aliphatic hydroxyl groups excluding tert-OH is 2. The zero-order valence-electron chi connectivity index (χ0n) is 35.5. The van der Waals surface area contributed by atoms with Gasteiger partial charge in [0.15, 0.2) is 6.10 Å². The fourth-order valence-corrected chi connectivity index (χ4v) is 6.28.